The summed E-state index contributed by atoms with van der Waals surface area (Å²) in [7, 11) is 0. The Labute approximate surface area is 133 Å². The molecule has 0 radical (unpaired) electrons. The number of ether oxygens (including phenoxy) is 1. The molecular weight excluding hydrogens is 286 g/mol. The van der Waals surface area contributed by atoms with Crippen molar-refractivity contribution in [3.63, 3.8) is 0 Å². The molecule has 3 aromatic carbocycles. The minimum atomic E-state index is -0.339. The number of carbonyl (C=O) groups excluding carboxylic acids is 1. The molecule has 0 spiro atoms. The lowest BCUT2D eigenvalue weighted by molar-refractivity contribution is 0.0468. The molecule has 0 saturated carbocycles. The van der Waals surface area contributed by atoms with Gasteiger partial charge >= 0.3 is 5.97 Å². The van der Waals surface area contributed by atoms with Crippen LogP contribution in [0, 0.1) is 0 Å². The zero-order valence-electron chi connectivity index (χ0n) is 12.5. The van der Waals surface area contributed by atoms with E-state index in [0.717, 1.165) is 27.2 Å². The van der Waals surface area contributed by atoms with Crippen LogP contribution in [0.3, 0.4) is 0 Å². The summed E-state index contributed by atoms with van der Waals surface area (Å²) in [5.41, 5.74) is 2.42. The maximum absolute atomic E-state index is 12.3. The molecule has 0 unspecified atom stereocenters. The number of carbonyl (C=O) groups is 1. The molecule has 3 nitrogen and oxygen atoms in total. The second-order valence-electron chi connectivity index (χ2n) is 5.48. The number of fused-ring (bicyclic) bond motifs is 2. The van der Waals surface area contributed by atoms with Gasteiger partial charge in [0.1, 0.15) is 12.3 Å². The third kappa shape index (κ3) is 2.57. The highest BCUT2D eigenvalue weighted by Gasteiger charge is 2.11. The quantitative estimate of drug-likeness (QED) is 0.558. The van der Waals surface area contributed by atoms with Crippen molar-refractivity contribution in [1.82, 2.24) is 4.98 Å². The van der Waals surface area contributed by atoms with Crippen molar-refractivity contribution in [2.24, 2.45) is 0 Å². The second kappa shape index (κ2) is 5.61. The maximum atomic E-state index is 12.3. The van der Waals surface area contributed by atoms with E-state index in [1.54, 1.807) is 0 Å². The molecule has 1 heterocycles. The van der Waals surface area contributed by atoms with Crippen LogP contribution in [0.5, 0.6) is 0 Å². The van der Waals surface area contributed by atoms with E-state index in [0.29, 0.717) is 5.69 Å². The third-order valence-electron chi connectivity index (χ3n) is 3.99. The lowest BCUT2D eigenvalue weighted by atomic mass is 10.1. The van der Waals surface area contributed by atoms with Crippen LogP contribution in [-0.4, -0.2) is 11.0 Å². The van der Waals surface area contributed by atoms with Gasteiger partial charge in [-0.1, -0.05) is 60.7 Å². The zero-order valence-corrected chi connectivity index (χ0v) is 12.5. The van der Waals surface area contributed by atoms with Gasteiger partial charge in [0.2, 0.25) is 0 Å². The Morgan fingerprint density at radius 2 is 1.61 bits per heavy atom. The molecule has 1 aromatic heterocycles. The van der Waals surface area contributed by atoms with E-state index >= 15 is 0 Å². The highest BCUT2D eigenvalue weighted by molar-refractivity contribution is 5.95. The highest BCUT2D eigenvalue weighted by Crippen LogP contribution is 2.20. The number of aromatic amines is 1. The van der Waals surface area contributed by atoms with E-state index < -0.39 is 0 Å². The minimum Gasteiger partial charge on any atom is -0.456 e. The maximum Gasteiger partial charge on any atom is 0.355 e. The van der Waals surface area contributed by atoms with Gasteiger partial charge < -0.3 is 9.72 Å². The third-order valence-corrected chi connectivity index (χ3v) is 3.99. The summed E-state index contributed by atoms with van der Waals surface area (Å²) < 4.78 is 5.48. The van der Waals surface area contributed by atoms with E-state index in [1.165, 1.54) is 0 Å². The van der Waals surface area contributed by atoms with Crippen molar-refractivity contribution in [2.75, 3.05) is 0 Å². The molecular formula is C20H15NO2. The minimum absolute atomic E-state index is 0.259. The Morgan fingerprint density at radius 1 is 0.870 bits per heavy atom. The standard InChI is InChI=1S/C20H15NO2/c22-20(19-12-15-7-2-4-11-18(15)21-19)23-13-16-9-5-8-14-6-1-3-10-17(14)16/h1-12,21H,13H2. The average Bonchev–Trinajstić information content (AvgIpc) is 3.04. The fourth-order valence-electron chi connectivity index (χ4n) is 2.82. The first-order chi connectivity index (χ1) is 11.3. The molecule has 0 aliphatic rings. The normalized spacial score (nSPS) is 11.0. The number of para-hydroxylation sites is 1. The van der Waals surface area contributed by atoms with E-state index in [-0.39, 0.29) is 12.6 Å². The van der Waals surface area contributed by atoms with E-state index in [2.05, 4.69) is 17.1 Å². The number of rotatable bonds is 3. The van der Waals surface area contributed by atoms with Crippen LogP contribution in [0.1, 0.15) is 16.1 Å². The lowest BCUT2D eigenvalue weighted by Gasteiger charge is -2.07. The van der Waals surface area contributed by atoms with Crippen molar-refractivity contribution in [3.8, 4) is 0 Å². The first-order valence-electron chi connectivity index (χ1n) is 7.53. The van der Waals surface area contributed by atoms with Gasteiger partial charge in [0.25, 0.3) is 0 Å². The Balaban J connectivity index is 1.57. The van der Waals surface area contributed by atoms with Crippen molar-refractivity contribution >= 4 is 27.6 Å². The summed E-state index contributed by atoms with van der Waals surface area (Å²) in [5, 5.41) is 3.26. The van der Waals surface area contributed by atoms with Crippen LogP contribution >= 0.6 is 0 Å². The van der Waals surface area contributed by atoms with Gasteiger partial charge in [0.15, 0.2) is 0 Å². The second-order valence-corrected chi connectivity index (χ2v) is 5.48. The molecule has 0 bridgehead atoms. The molecule has 112 valence electrons. The van der Waals surface area contributed by atoms with Gasteiger partial charge in [-0.15, -0.1) is 0 Å². The van der Waals surface area contributed by atoms with Crippen LogP contribution in [0.4, 0.5) is 0 Å². The summed E-state index contributed by atoms with van der Waals surface area (Å²) in [6.07, 6.45) is 0. The topological polar surface area (TPSA) is 42.1 Å². The monoisotopic (exact) mass is 301 g/mol. The predicted octanol–water partition coefficient (Wildman–Crippen LogP) is 4.68. The number of esters is 1. The van der Waals surface area contributed by atoms with E-state index in [9.17, 15) is 4.79 Å². The van der Waals surface area contributed by atoms with Gasteiger partial charge in [-0.25, -0.2) is 4.79 Å². The fourth-order valence-corrected chi connectivity index (χ4v) is 2.82. The Morgan fingerprint density at radius 3 is 2.48 bits per heavy atom. The van der Waals surface area contributed by atoms with Gasteiger partial charge in [-0.05, 0) is 28.5 Å². The summed E-state index contributed by atoms with van der Waals surface area (Å²) in [5.74, 6) is -0.339. The molecule has 23 heavy (non-hydrogen) atoms. The average molecular weight is 301 g/mol. The Hall–Kier alpha value is -3.07. The first-order valence-corrected chi connectivity index (χ1v) is 7.53. The van der Waals surface area contributed by atoms with Crippen LogP contribution in [0.25, 0.3) is 21.7 Å². The Kier molecular flexibility index (Phi) is 3.31. The first kappa shape index (κ1) is 13.6. The molecule has 0 aliphatic heterocycles. The van der Waals surface area contributed by atoms with E-state index in [1.807, 2.05) is 60.7 Å². The molecule has 0 atom stereocenters. The zero-order chi connectivity index (χ0) is 15.6. The molecule has 0 fully saturated rings. The van der Waals surface area contributed by atoms with Crippen LogP contribution < -0.4 is 0 Å². The molecule has 0 saturated heterocycles. The van der Waals surface area contributed by atoms with Crippen molar-refractivity contribution in [3.05, 3.63) is 84.1 Å². The predicted molar refractivity (Wildman–Crippen MR) is 91.4 cm³/mol. The molecule has 1 N–H and O–H groups in total. The smallest absolute Gasteiger partial charge is 0.355 e. The number of hydrogen-bond donors (Lipinski definition) is 1. The van der Waals surface area contributed by atoms with E-state index in [4.69, 9.17) is 4.74 Å². The number of nitrogens with one attached hydrogen (secondary N) is 1. The number of aromatic nitrogens is 1. The number of H-pyrrole nitrogens is 1. The summed E-state index contributed by atoms with van der Waals surface area (Å²) in [6, 6.07) is 23.7. The van der Waals surface area contributed by atoms with Crippen molar-refractivity contribution in [1.29, 1.82) is 0 Å². The van der Waals surface area contributed by atoms with Crippen LogP contribution in [0.15, 0.2) is 72.8 Å². The number of benzene rings is 3. The van der Waals surface area contributed by atoms with Gasteiger partial charge in [-0.3, -0.25) is 0 Å². The summed E-state index contributed by atoms with van der Waals surface area (Å²) >= 11 is 0. The van der Waals surface area contributed by atoms with Gasteiger partial charge in [0, 0.05) is 10.9 Å². The van der Waals surface area contributed by atoms with Crippen LogP contribution in [-0.2, 0) is 11.3 Å². The van der Waals surface area contributed by atoms with Crippen LogP contribution in [0.2, 0.25) is 0 Å². The highest BCUT2D eigenvalue weighted by atomic mass is 16.5. The fraction of sp³-hybridized carbons (Fsp3) is 0.0500. The van der Waals surface area contributed by atoms with Crippen molar-refractivity contribution < 1.29 is 9.53 Å². The molecule has 3 heteroatoms. The number of hydrogen-bond acceptors (Lipinski definition) is 2. The molecule has 0 amide bonds. The Bertz CT molecular complexity index is 962. The molecule has 4 aromatic rings. The lowest BCUT2D eigenvalue weighted by Crippen LogP contribution is -2.05. The molecule has 4 rings (SSSR count). The summed E-state index contributed by atoms with van der Waals surface area (Å²) in [6.45, 7) is 0.259. The molecule has 0 aliphatic carbocycles. The van der Waals surface area contributed by atoms with Crippen molar-refractivity contribution in [2.45, 2.75) is 6.61 Å². The summed E-state index contributed by atoms with van der Waals surface area (Å²) in [4.78, 5) is 15.4. The SMILES string of the molecule is O=C(OCc1cccc2ccccc12)c1cc2ccccc2[nH]1. The van der Waals surface area contributed by atoms with Gasteiger partial charge in [-0.2, -0.15) is 0 Å². The van der Waals surface area contributed by atoms with Gasteiger partial charge in [0.05, 0.1) is 0 Å². The largest absolute Gasteiger partial charge is 0.456 e.